The monoisotopic (exact) mass is 353 g/mol. The Hall–Kier alpha value is -2.85. The van der Waals surface area contributed by atoms with Gasteiger partial charge < -0.3 is 18.6 Å². The molecule has 0 fully saturated rings. The number of ether oxygens (including phenoxy) is 3. The molecule has 0 spiro atoms. The molecule has 0 bridgehead atoms. The number of primary sulfonamides is 1. The first-order valence-electron chi connectivity index (χ1n) is 6.57. The number of sulfonamides is 1. The molecule has 24 heavy (non-hydrogen) atoms. The van der Waals surface area contributed by atoms with Crippen LogP contribution in [0.5, 0.6) is 11.5 Å². The van der Waals surface area contributed by atoms with E-state index >= 15 is 0 Å². The Morgan fingerprint density at radius 1 is 1.12 bits per heavy atom. The number of fused-ring (bicyclic) bond motifs is 1. The molecule has 1 aromatic carbocycles. The second-order valence-corrected chi connectivity index (χ2v) is 6.22. The molecule has 2 N–H and O–H groups in total. The van der Waals surface area contributed by atoms with Gasteiger partial charge in [-0.1, -0.05) is 0 Å². The molecule has 1 aliphatic rings. The average Bonchev–Trinajstić information content (AvgIpc) is 3.19. The molecule has 0 saturated heterocycles. The minimum atomic E-state index is -4.06. The Kier molecular flexibility index (Phi) is 3.99. The maximum atomic E-state index is 12.0. The van der Waals surface area contributed by atoms with Crippen molar-refractivity contribution < 1.29 is 36.6 Å². The molecule has 1 aromatic heterocycles. The lowest BCUT2D eigenvalue weighted by Crippen LogP contribution is -2.14. The molecule has 2 heterocycles. The fourth-order valence-corrected chi connectivity index (χ4v) is 2.40. The summed E-state index contributed by atoms with van der Waals surface area (Å²) in [6.07, 6.45) is 0. The Bertz CT molecular complexity index is 915. The zero-order valence-electron chi connectivity index (χ0n) is 12.1. The molecule has 2 aromatic rings. The molecule has 0 amide bonds. The molecule has 126 valence electrons. The maximum Gasteiger partial charge on any atom is 0.374 e. The van der Waals surface area contributed by atoms with Crippen molar-refractivity contribution >= 4 is 21.8 Å². The zero-order valence-corrected chi connectivity index (χ0v) is 12.9. The lowest BCUT2D eigenvalue weighted by Gasteiger charge is -2.04. The molecule has 9 nitrogen and oxygen atoms in total. The SMILES string of the molecule is NS(=O)(=O)c1ccc(C(=O)OCC(=O)c2ccc3c(c2)OCO3)o1. The van der Waals surface area contributed by atoms with Crippen molar-refractivity contribution in [2.45, 2.75) is 5.09 Å². The molecule has 0 saturated carbocycles. The highest BCUT2D eigenvalue weighted by atomic mass is 32.2. The molecule has 0 radical (unpaired) electrons. The van der Waals surface area contributed by atoms with Crippen molar-refractivity contribution in [3.05, 3.63) is 41.7 Å². The molecule has 0 unspecified atom stereocenters. The van der Waals surface area contributed by atoms with E-state index in [1.807, 2.05) is 0 Å². The van der Waals surface area contributed by atoms with Crippen LogP contribution < -0.4 is 14.6 Å². The maximum absolute atomic E-state index is 12.0. The summed E-state index contributed by atoms with van der Waals surface area (Å²) in [7, 11) is -4.06. The third kappa shape index (κ3) is 3.24. The Morgan fingerprint density at radius 3 is 2.58 bits per heavy atom. The highest BCUT2D eigenvalue weighted by Gasteiger charge is 2.21. The number of ketones is 1. The quantitative estimate of drug-likeness (QED) is 0.613. The predicted molar refractivity (Wildman–Crippen MR) is 77.3 cm³/mol. The number of esters is 1. The number of hydrogen-bond donors (Lipinski definition) is 1. The van der Waals surface area contributed by atoms with E-state index in [1.54, 1.807) is 6.07 Å². The van der Waals surface area contributed by atoms with Crippen LogP contribution in [0.15, 0.2) is 39.8 Å². The summed E-state index contributed by atoms with van der Waals surface area (Å²) < 4.78 is 42.0. The standard InChI is InChI=1S/C14H11NO8S/c15-24(18,19)13-4-3-11(23-13)14(17)20-6-9(16)8-1-2-10-12(5-8)22-7-21-10/h1-5H,6-7H2,(H2,15,18,19). The minimum absolute atomic E-state index is 0.0762. The average molecular weight is 353 g/mol. The first kappa shape index (κ1) is 16.0. The van der Waals surface area contributed by atoms with E-state index in [4.69, 9.17) is 23.8 Å². The first-order chi connectivity index (χ1) is 11.3. The normalized spacial score (nSPS) is 12.9. The number of Topliss-reactive ketones (excluding diaryl/α,β-unsaturated/α-hetero) is 1. The zero-order chi connectivity index (χ0) is 17.3. The van der Waals surface area contributed by atoms with Gasteiger partial charge in [0.1, 0.15) is 0 Å². The van der Waals surface area contributed by atoms with Crippen molar-refractivity contribution in [3.8, 4) is 11.5 Å². The summed E-state index contributed by atoms with van der Waals surface area (Å²) in [5, 5.41) is 4.29. The van der Waals surface area contributed by atoms with Crippen LogP contribution in [-0.4, -0.2) is 33.6 Å². The number of rotatable bonds is 5. The summed E-state index contributed by atoms with van der Waals surface area (Å²) in [5.41, 5.74) is 0.275. The molecule has 0 atom stereocenters. The van der Waals surface area contributed by atoms with Crippen molar-refractivity contribution in [2.75, 3.05) is 13.4 Å². The van der Waals surface area contributed by atoms with Crippen LogP contribution >= 0.6 is 0 Å². The molecule has 3 rings (SSSR count). The van der Waals surface area contributed by atoms with Crippen LogP contribution in [0.4, 0.5) is 0 Å². The number of nitrogens with two attached hydrogens (primary N) is 1. The highest BCUT2D eigenvalue weighted by molar-refractivity contribution is 7.89. The highest BCUT2D eigenvalue weighted by Crippen LogP contribution is 2.32. The molecule has 10 heteroatoms. The van der Waals surface area contributed by atoms with Crippen LogP contribution in [-0.2, 0) is 14.8 Å². The number of carbonyl (C=O) groups is 2. The fourth-order valence-electron chi connectivity index (χ4n) is 1.94. The Labute approximate surface area is 136 Å². The van der Waals surface area contributed by atoms with Gasteiger partial charge in [-0.05, 0) is 30.3 Å². The van der Waals surface area contributed by atoms with Gasteiger partial charge in [-0.25, -0.2) is 18.4 Å². The van der Waals surface area contributed by atoms with Crippen molar-refractivity contribution in [3.63, 3.8) is 0 Å². The van der Waals surface area contributed by atoms with E-state index < -0.39 is 33.5 Å². The molecular weight excluding hydrogens is 342 g/mol. The number of furan rings is 1. The Balaban J connectivity index is 1.64. The first-order valence-corrected chi connectivity index (χ1v) is 8.12. The molecule has 0 aliphatic carbocycles. The van der Waals surface area contributed by atoms with Crippen LogP contribution in [0.1, 0.15) is 20.9 Å². The summed E-state index contributed by atoms with van der Waals surface area (Å²) in [6.45, 7) is -0.475. The summed E-state index contributed by atoms with van der Waals surface area (Å²) in [4.78, 5) is 23.8. The molecule has 1 aliphatic heterocycles. The second kappa shape index (κ2) is 5.98. The topological polar surface area (TPSA) is 135 Å². The van der Waals surface area contributed by atoms with Gasteiger partial charge in [-0.3, -0.25) is 4.79 Å². The van der Waals surface area contributed by atoms with E-state index in [9.17, 15) is 18.0 Å². The summed E-state index contributed by atoms with van der Waals surface area (Å²) in [6, 6.07) is 6.67. The van der Waals surface area contributed by atoms with Crippen LogP contribution in [0.25, 0.3) is 0 Å². The van der Waals surface area contributed by atoms with Crippen LogP contribution in [0.3, 0.4) is 0 Å². The van der Waals surface area contributed by atoms with Crippen LogP contribution in [0, 0.1) is 0 Å². The van der Waals surface area contributed by atoms with Crippen LogP contribution in [0.2, 0.25) is 0 Å². The number of carbonyl (C=O) groups excluding carboxylic acids is 2. The number of benzene rings is 1. The van der Waals surface area contributed by atoms with E-state index in [1.165, 1.54) is 12.1 Å². The van der Waals surface area contributed by atoms with Crippen molar-refractivity contribution in [1.29, 1.82) is 0 Å². The minimum Gasteiger partial charge on any atom is -0.454 e. The van der Waals surface area contributed by atoms with Gasteiger partial charge in [0.05, 0.1) is 0 Å². The molecular formula is C14H11NO8S. The van der Waals surface area contributed by atoms with Gasteiger partial charge in [0, 0.05) is 5.56 Å². The van der Waals surface area contributed by atoms with Gasteiger partial charge in [-0.2, -0.15) is 0 Å². The van der Waals surface area contributed by atoms with E-state index in [-0.39, 0.29) is 18.1 Å². The lowest BCUT2D eigenvalue weighted by atomic mass is 10.1. The van der Waals surface area contributed by atoms with E-state index in [0.717, 1.165) is 12.1 Å². The van der Waals surface area contributed by atoms with Gasteiger partial charge in [0.15, 0.2) is 23.9 Å². The van der Waals surface area contributed by atoms with Gasteiger partial charge >= 0.3 is 5.97 Å². The third-order valence-corrected chi connectivity index (χ3v) is 3.87. The lowest BCUT2D eigenvalue weighted by molar-refractivity contribution is 0.0438. The smallest absolute Gasteiger partial charge is 0.374 e. The fraction of sp³-hybridized carbons (Fsp3) is 0.143. The second-order valence-electron chi connectivity index (χ2n) is 4.73. The van der Waals surface area contributed by atoms with Gasteiger partial charge in [0.2, 0.25) is 17.6 Å². The van der Waals surface area contributed by atoms with E-state index in [2.05, 4.69) is 0 Å². The van der Waals surface area contributed by atoms with Gasteiger partial charge in [0.25, 0.3) is 10.0 Å². The summed E-state index contributed by atoms with van der Waals surface area (Å²) in [5.74, 6) is -0.887. The largest absolute Gasteiger partial charge is 0.454 e. The third-order valence-electron chi connectivity index (χ3n) is 3.09. The van der Waals surface area contributed by atoms with Crippen molar-refractivity contribution in [2.24, 2.45) is 5.14 Å². The predicted octanol–water partition coefficient (Wildman–Crippen LogP) is 0.695. The Morgan fingerprint density at radius 2 is 1.88 bits per heavy atom. The summed E-state index contributed by atoms with van der Waals surface area (Å²) >= 11 is 0. The van der Waals surface area contributed by atoms with Crippen molar-refractivity contribution in [1.82, 2.24) is 0 Å². The number of hydrogen-bond acceptors (Lipinski definition) is 8. The van der Waals surface area contributed by atoms with Gasteiger partial charge in [-0.15, -0.1) is 0 Å². The van der Waals surface area contributed by atoms with E-state index in [0.29, 0.717) is 11.5 Å².